The van der Waals surface area contributed by atoms with Gasteiger partial charge in [0.15, 0.2) is 11.9 Å². The van der Waals surface area contributed by atoms with Crippen molar-refractivity contribution in [1.29, 1.82) is 0 Å². The maximum atomic E-state index is 12.6. The van der Waals surface area contributed by atoms with Crippen molar-refractivity contribution in [2.75, 3.05) is 7.11 Å². The third-order valence-corrected chi connectivity index (χ3v) is 4.40. The number of ketones is 1. The Morgan fingerprint density at radius 1 is 1.12 bits per heavy atom. The van der Waals surface area contributed by atoms with Crippen LogP contribution in [0.5, 0.6) is 5.75 Å². The van der Waals surface area contributed by atoms with E-state index >= 15 is 0 Å². The summed E-state index contributed by atoms with van der Waals surface area (Å²) < 4.78 is 16.1. The van der Waals surface area contributed by atoms with Gasteiger partial charge in [0.2, 0.25) is 0 Å². The summed E-state index contributed by atoms with van der Waals surface area (Å²) in [5, 5.41) is 0. The van der Waals surface area contributed by atoms with Crippen LogP contribution in [0.25, 0.3) is 0 Å². The first-order valence-corrected chi connectivity index (χ1v) is 8.38. The zero-order valence-corrected chi connectivity index (χ0v) is 15.7. The van der Waals surface area contributed by atoms with E-state index in [2.05, 4.69) is 0 Å². The Morgan fingerprint density at radius 3 is 2.27 bits per heavy atom. The maximum Gasteiger partial charge on any atom is 0.338 e. The number of esters is 2. The normalized spacial score (nSPS) is 22.0. The van der Waals surface area contributed by atoms with Gasteiger partial charge in [0.25, 0.3) is 0 Å². The molecule has 0 spiro atoms. The van der Waals surface area contributed by atoms with Gasteiger partial charge >= 0.3 is 11.9 Å². The number of ether oxygens (including phenoxy) is 3. The van der Waals surface area contributed by atoms with Gasteiger partial charge in [-0.25, -0.2) is 4.79 Å². The number of allylic oxidation sites excluding steroid dienone is 1. The topological polar surface area (TPSA) is 78.9 Å². The molecule has 0 saturated heterocycles. The molecule has 0 saturated carbocycles. The first-order valence-electron chi connectivity index (χ1n) is 8.38. The van der Waals surface area contributed by atoms with E-state index in [4.69, 9.17) is 14.2 Å². The third-order valence-electron chi connectivity index (χ3n) is 4.40. The second kappa shape index (κ2) is 7.72. The van der Waals surface area contributed by atoms with E-state index in [1.807, 2.05) is 13.8 Å². The molecule has 6 nitrogen and oxygen atoms in total. The summed E-state index contributed by atoms with van der Waals surface area (Å²) in [5.41, 5.74) is 0.139. The number of carbonyl (C=O) groups excluding carboxylic acids is 3. The summed E-state index contributed by atoms with van der Waals surface area (Å²) in [4.78, 5) is 36.4. The van der Waals surface area contributed by atoms with Crippen molar-refractivity contribution in [1.82, 2.24) is 0 Å². The standard InChI is InChI=1S/C20H24O6/c1-12-10-17(25-13(2)21)18(20(3,4)11-16(12)22)26-19(23)14-6-8-15(24-5)9-7-14/h6-10,17-18H,11H2,1-5H3. The molecule has 0 bridgehead atoms. The Kier molecular flexibility index (Phi) is 5.85. The second-order valence-electron chi connectivity index (χ2n) is 7.07. The molecule has 0 aliphatic heterocycles. The average molecular weight is 360 g/mol. The molecule has 1 aromatic rings. The predicted octanol–water partition coefficient (Wildman–Crippen LogP) is 3.10. The highest BCUT2D eigenvalue weighted by Gasteiger charge is 2.43. The molecule has 0 aromatic heterocycles. The zero-order chi connectivity index (χ0) is 19.5. The molecule has 1 aromatic carbocycles. The lowest BCUT2D eigenvalue weighted by atomic mass is 9.80. The third kappa shape index (κ3) is 4.50. The molecule has 1 aliphatic rings. The molecule has 0 radical (unpaired) electrons. The van der Waals surface area contributed by atoms with Gasteiger partial charge in [-0.15, -0.1) is 0 Å². The molecule has 2 rings (SSSR count). The highest BCUT2D eigenvalue weighted by atomic mass is 16.6. The van der Waals surface area contributed by atoms with Crippen LogP contribution in [0.1, 0.15) is 44.5 Å². The van der Waals surface area contributed by atoms with Crippen LogP contribution in [0, 0.1) is 5.41 Å². The largest absolute Gasteiger partial charge is 0.497 e. The van der Waals surface area contributed by atoms with E-state index < -0.39 is 29.6 Å². The van der Waals surface area contributed by atoms with Crippen LogP contribution in [0.3, 0.4) is 0 Å². The van der Waals surface area contributed by atoms with Gasteiger partial charge in [-0.05, 0) is 42.8 Å². The number of Topliss-reactive ketones (excluding diaryl/α,β-unsaturated/α-hetero) is 1. The van der Waals surface area contributed by atoms with Gasteiger partial charge in [0.1, 0.15) is 11.9 Å². The SMILES string of the molecule is COc1ccc(C(=O)OC2C(OC(C)=O)C=C(C)C(=O)CC2(C)C)cc1. The molecule has 0 amide bonds. The van der Waals surface area contributed by atoms with Gasteiger partial charge in [-0.3, -0.25) is 9.59 Å². The highest BCUT2D eigenvalue weighted by molar-refractivity contribution is 5.96. The fourth-order valence-corrected chi connectivity index (χ4v) is 2.95. The van der Waals surface area contributed by atoms with E-state index in [1.54, 1.807) is 37.3 Å². The van der Waals surface area contributed by atoms with Crippen molar-refractivity contribution in [3.63, 3.8) is 0 Å². The number of hydrogen-bond acceptors (Lipinski definition) is 6. The van der Waals surface area contributed by atoms with Crippen molar-refractivity contribution < 1.29 is 28.6 Å². The van der Waals surface area contributed by atoms with Gasteiger partial charge in [-0.2, -0.15) is 0 Å². The summed E-state index contributed by atoms with van der Waals surface area (Å²) in [6.07, 6.45) is 0.136. The smallest absolute Gasteiger partial charge is 0.338 e. The van der Waals surface area contributed by atoms with Crippen LogP contribution in [0.15, 0.2) is 35.9 Å². The minimum Gasteiger partial charge on any atom is -0.497 e. The first kappa shape index (κ1) is 19.7. The Bertz CT molecular complexity index is 729. The molecule has 1 aliphatic carbocycles. The number of benzene rings is 1. The molecule has 2 atom stereocenters. The van der Waals surface area contributed by atoms with Crippen LogP contribution in [-0.4, -0.2) is 37.0 Å². The first-order chi connectivity index (χ1) is 12.1. The van der Waals surface area contributed by atoms with Gasteiger partial charge in [0, 0.05) is 18.8 Å². The van der Waals surface area contributed by atoms with Gasteiger partial charge in [0.05, 0.1) is 12.7 Å². The minimum atomic E-state index is -0.823. The Morgan fingerprint density at radius 2 is 1.73 bits per heavy atom. The molecule has 26 heavy (non-hydrogen) atoms. The fraction of sp³-hybridized carbons (Fsp3) is 0.450. The van der Waals surface area contributed by atoms with Crippen LogP contribution in [-0.2, 0) is 19.1 Å². The van der Waals surface area contributed by atoms with E-state index in [0.717, 1.165) is 0 Å². The fourth-order valence-electron chi connectivity index (χ4n) is 2.95. The molecule has 0 fully saturated rings. The lowest BCUT2D eigenvalue weighted by Gasteiger charge is -2.35. The lowest BCUT2D eigenvalue weighted by molar-refractivity contribution is -0.153. The van der Waals surface area contributed by atoms with E-state index in [1.165, 1.54) is 14.0 Å². The van der Waals surface area contributed by atoms with Gasteiger partial charge in [-0.1, -0.05) is 13.8 Å². The summed E-state index contributed by atoms with van der Waals surface area (Å²) >= 11 is 0. The Balaban J connectivity index is 2.32. The monoisotopic (exact) mass is 360 g/mol. The molecular formula is C20H24O6. The van der Waals surface area contributed by atoms with Crippen molar-refractivity contribution in [3.8, 4) is 5.75 Å². The summed E-state index contributed by atoms with van der Waals surface area (Å²) in [5.74, 6) is -0.494. The average Bonchev–Trinajstić information content (AvgIpc) is 2.64. The number of methoxy groups -OCH3 is 1. The van der Waals surface area contributed by atoms with E-state index in [-0.39, 0.29) is 12.2 Å². The molecule has 140 valence electrons. The van der Waals surface area contributed by atoms with Crippen molar-refractivity contribution in [2.24, 2.45) is 5.41 Å². The van der Waals surface area contributed by atoms with Crippen molar-refractivity contribution >= 4 is 17.7 Å². The van der Waals surface area contributed by atoms with Crippen LogP contribution in [0.2, 0.25) is 0 Å². The molecule has 6 heteroatoms. The summed E-state index contributed by atoms with van der Waals surface area (Å²) in [6, 6.07) is 6.51. The zero-order valence-electron chi connectivity index (χ0n) is 15.7. The molecule has 2 unspecified atom stereocenters. The summed E-state index contributed by atoms with van der Waals surface area (Å²) in [6.45, 7) is 6.59. The van der Waals surface area contributed by atoms with Crippen LogP contribution in [0.4, 0.5) is 0 Å². The molecule has 0 heterocycles. The maximum absolute atomic E-state index is 12.6. The quantitative estimate of drug-likeness (QED) is 0.768. The number of carbonyl (C=O) groups is 3. The van der Waals surface area contributed by atoms with Crippen molar-refractivity contribution in [2.45, 2.75) is 46.3 Å². The van der Waals surface area contributed by atoms with Gasteiger partial charge < -0.3 is 14.2 Å². The Hall–Kier alpha value is -2.63. The number of rotatable bonds is 4. The Labute approximate surface area is 153 Å². The predicted molar refractivity (Wildman–Crippen MR) is 94.9 cm³/mol. The highest BCUT2D eigenvalue weighted by Crippen LogP contribution is 2.36. The molecule has 0 N–H and O–H groups in total. The second-order valence-corrected chi connectivity index (χ2v) is 7.07. The van der Waals surface area contributed by atoms with Crippen LogP contribution >= 0.6 is 0 Å². The molecular weight excluding hydrogens is 336 g/mol. The number of hydrogen-bond donors (Lipinski definition) is 0. The minimum absolute atomic E-state index is 0.0600. The van der Waals surface area contributed by atoms with Crippen molar-refractivity contribution in [3.05, 3.63) is 41.5 Å². The summed E-state index contributed by atoms with van der Waals surface area (Å²) in [7, 11) is 1.54. The lowest BCUT2D eigenvalue weighted by Crippen LogP contribution is -2.44. The van der Waals surface area contributed by atoms with E-state index in [0.29, 0.717) is 16.9 Å². The van der Waals surface area contributed by atoms with E-state index in [9.17, 15) is 14.4 Å². The van der Waals surface area contributed by atoms with Crippen LogP contribution < -0.4 is 4.74 Å².